The number of aromatic nitrogens is 1. The number of rotatable bonds is 6. The van der Waals surface area contributed by atoms with E-state index in [9.17, 15) is 13.2 Å². The van der Waals surface area contributed by atoms with E-state index < -0.39 is 10.0 Å². The van der Waals surface area contributed by atoms with Crippen LogP contribution in [0.25, 0.3) is 17.7 Å². The van der Waals surface area contributed by atoms with Gasteiger partial charge in [-0.3, -0.25) is 4.79 Å². The van der Waals surface area contributed by atoms with Gasteiger partial charge in [-0.25, -0.2) is 8.42 Å². The maximum absolute atomic E-state index is 13.1. The van der Waals surface area contributed by atoms with Crippen molar-refractivity contribution < 1.29 is 17.7 Å². The van der Waals surface area contributed by atoms with Gasteiger partial charge in [0.25, 0.3) is 0 Å². The molecule has 0 fully saturated rings. The molecule has 0 unspecified atom stereocenters. The Morgan fingerprint density at radius 3 is 2.45 bits per heavy atom. The molecule has 0 saturated carbocycles. The second kappa shape index (κ2) is 9.56. The van der Waals surface area contributed by atoms with Crippen LogP contribution in [-0.4, -0.2) is 36.9 Å². The average molecular weight is 464 g/mol. The number of hydrogen-bond acceptors (Lipinski definition) is 5. The third-order valence-electron chi connectivity index (χ3n) is 5.45. The molecule has 1 aromatic heterocycles. The summed E-state index contributed by atoms with van der Waals surface area (Å²) >= 11 is 0. The Hall–Kier alpha value is -3.49. The average Bonchev–Trinajstić information content (AvgIpc) is 3.17. The molecule has 1 N–H and O–H groups in total. The van der Waals surface area contributed by atoms with Crippen molar-refractivity contribution in [2.45, 2.75) is 25.2 Å². The van der Waals surface area contributed by atoms with Gasteiger partial charge in [-0.15, -0.1) is 0 Å². The van der Waals surface area contributed by atoms with Crippen LogP contribution in [0.2, 0.25) is 0 Å². The zero-order chi connectivity index (χ0) is 23.4. The van der Waals surface area contributed by atoms with E-state index in [2.05, 4.69) is 10.5 Å². The molecule has 0 atom stereocenters. The van der Waals surface area contributed by atoms with Gasteiger partial charge in [-0.1, -0.05) is 59.8 Å². The lowest BCUT2D eigenvalue weighted by molar-refractivity contribution is -0.114. The molecular formula is C25H25N3O4S. The van der Waals surface area contributed by atoms with Crippen molar-refractivity contribution in [1.29, 1.82) is 0 Å². The molecule has 0 spiro atoms. The van der Waals surface area contributed by atoms with Crippen LogP contribution in [0.5, 0.6) is 0 Å². The number of nitrogens with zero attached hydrogens (tertiary/aromatic N) is 2. The van der Waals surface area contributed by atoms with E-state index >= 15 is 0 Å². The summed E-state index contributed by atoms with van der Waals surface area (Å²) in [5.41, 5.74) is 4.20. The van der Waals surface area contributed by atoms with Gasteiger partial charge >= 0.3 is 0 Å². The molecule has 8 heteroatoms. The van der Waals surface area contributed by atoms with E-state index in [1.54, 1.807) is 43.3 Å². The molecule has 33 heavy (non-hydrogen) atoms. The molecule has 1 aliphatic rings. The summed E-state index contributed by atoms with van der Waals surface area (Å²) in [7, 11) is -3.58. The Kier molecular flexibility index (Phi) is 6.57. The molecule has 0 aliphatic carbocycles. The highest BCUT2D eigenvalue weighted by Crippen LogP contribution is 2.27. The maximum atomic E-state index is 13.1. The highest BCUT2D eigenvalue weighted by Gasteiger charge is 2.26. The van der Waals surface area contributed by atoms with Gasteiger partial charge in [0.1, 0.15) is 11.4 Å². The van der Waals surface area contributed by atoms with Crippen molar-refractivity contribution in [1.82, 2.24) is 9.46 Å². The van der Waals surface area contributed by atoms with Crippen molar-refractivity contribution in [2.24, 2.45) is 0 Å². The van der Waals surface area contributed by atoms with E-state index in [0.29, 0.717) is 36.7 Å². The van der Waals surface area contributed by atoms with Crippen molar-refractivity contribution >= 4 is 39.3 Å². The largest absolute Gasteiger partial charge is 0.354 e. The fourth-order valence-electron chi connectivity index (χ4n) is 3.68. The lowest BCUT2D eigenvalue weighted by atomic mass is 10.0. The number of carbonyl (C=O) groups is 1. The summed E-state index contributed by atoms with van der Waals surface area (Å²) in [6.45, 7) is 3.95. The van der Waals surface area contributed by atoms with Gasteiger partial charge < -0.3 is 9.84 Å². The van der Waals surface area contributed by atoms with Crippen molar-refractivity contribution in [2.75, 3.05) is 18.4 Å². The first-order valence-corrected chi connectivity index (χ1v) is 12.1. The normalized spacial score (nSPS) is 14.9. The van der Waals surface area contributed by atoms with Crippen LogP contribution < -0.4 is 5.32 Å². The maximum Gasteiger partial charge on any atom is 0.243 e. The summed E-state index contributed by atoms with van der Waals surface area (Å²) in [5.74, 6) is 0.211. The number of sulfonamides is 1. The van der Waals surface area contributed by atoms with Crippen LogP contribution in [0.4, 0.5) is 5.69 Å². The first-order chi connectivity index (χ1) is 15.8. The van der Waals surface area contributed by atoms with E-state index in [0.717, 1.165) is 11.1 Å². The smallest absolute Gasteiger partial charge is 0.243 e. The molecule has 0 bridgehead atoms. The topological polar surface area (TPSA) is 92.5 Å². The van der Waals surface area contributed by atoms with Crippen LogP contribution in [-0.2, 0) is 14.8 Å². The van der Waals surface area contributed by atoms with E-state index in [1.165, 1.54) is 16.8 Å². The molecular weight excluding hydrogens is 438 g/mol. The van der Waals surface area contributed by atoms with Crippen LogP contribution in [0.3, 0.4) is 0 Å². The van der Waals surface area contributed by atoms with Gasteiger partial charge in [0.15, 0.2) is 5.76 Å². The first kappa shape index (κ1) is 22.7. The summed E-state index contributed by atoms with van der Waals surface area (Å²) in [4.78, 5) is 11.6. The fraction of sp³-hybridized carbons (Fsp3) is 0.200. The molecule has 3 aromatic rings. The minimum absolute atomic E-state index is 0.214. The van der Waals surface area contributed by atoms with Gasteiger partial charge in [0, 0.05) is 20.0 Å². The number of benzene rings is 2. The summed E-state index contributed by atoms with van der Waals surface area (Å²) in [5, 5.41) is 6.58. The molecule has 4 rings (SSSR count). The van der Waals surface area contributed by atoms with Crippen LogP contribution in [0.1, 0.15) is 35.9 Å². The Labute approximate surface area is 193 Å². The zero-order valence-electron chi connectivity index (χ0n) is 18.5. The number of nitrogens with one attached hydrogen (secondary N) is 1. The third-order valence-corrected chi connectivity index (χ3v) is 7.33. The Balaban J connectivity index is 1.46. The molecule has 2 aromatic carbocycles. The zero-order valence-corrected chi connectivity index (χ0v) is 19.3. The first-order valence-electron chi connectivity index (χ1n) is 10.6. The van der Waals surface area contributed by atoms with Gasteiger partial charge in [-0.05, 0) is 48.3 Å². The molecule has 0 radical (unpaired) electrons. The van der Waals surface area contributed by atoms with E-state index in [1.807, 2.05) is 36.4 Å². The quantitative estimate of drug-likeness (QED) is 0.577. The summed E-state index contributed by atoms with van der Waals surface area (Å²) in [6, 6.07) is 16.7. The van der Waals surface area contributed by atoms with Gasteiger partial charge in [0.05, 0.1) is 4.90 Å². The van der Waals surface area contributed by atoms with Crippen LogP contribution in [0, 0.1) is 6.92 Å². The monoisotopic (exact) mass is 463 g/mol. The fourth-order valence-corrected chi connectivity index (χ4v) is 5.06. The minimum atomic E-state index is -3.58. The predicted octanol–water partition coefficient (Wildman–Crippen LogP) is 4.59. The second-order valence-corrected chi connectivity index (χ2v) is 9.74. The van der Waals surface area contributed by atoms with E-state index in [4.69, 9.17) is 4.52 Å². The molecule has 7 nitrogen and oxygen atoms in total. The number of hydrogen-bond donors (Lipinski definition) is 1. The highest BCUT2D eigenvalue weighted by atomic mass is 32.2. The SMILES string of the molecule is CC(=O)Nc1c(C)noc1C=Cc1ccc(S(=O)(=O)N2CC=C(c3ccccc3)CC2)cc1. The molecule has 0 saturated heterocycles. The number of carbonyl (C=O) groups excluding carboxylic acids is 1. The van der Waals surface area contributed by atoms with Crippen molar-refractivity contribution in [3.05, 3.63) is 83.3 Å². The third kappa shape index (κ3) is 5.13. The lowest BCUT2D eigenvalue weighted by Gasteiger charge is -2.26. The molecule has 2 heterocycles. The molecule has 1 aliphatic heterocycles. The van der Waals surface area contributed by atoms with Crippen molar-refractivity contribution in [3.63, 3.8) is 0 Å². The Bertz CT molecular complexity index is 1310. The summed E-state index contributed by atoms with van der Waals surface area (Å²) < 4.78 is 32.9. The van der Waals surface area contributed by atoms with Gasteiger partial charge in [0.2, 0.25) is 15.9 Å². The Morgan fingerprint density at radius 1 is 1.09 bits per heavy atom. The standard InChI is InChI=1S/C25H25N3O4S/c1-18-25(26-19(2)29)24(32-27-18)13-10-20-8-11-23(12-9-20)33(30,31)28-16-14-22(15-17-28)21-6-4-3-5-7-21/h3-14H,15-17H2,1-2H3,(H,26,29). The predicted molar refractivity (Wildman–Crippen MR) is 129 cm³/mol. The van der Waals surface area contributed by atoms with Crippen molar-refractivity contribution in [3.8, 4) is 0 Å². The number of amides is 1. The number of aryl methyl sites for hydroxylation is 1. The Morgan fingerprint density at radius 2 is 1.82 bits per heavy atom. The minimum Gasteiger partial charge on any atom is -0.354 e. The second-order valence-electron chi connectivity index (χ2n) is 7.80. The molecule has 170 valence electrons. The van der Waals surface area contributed by atoms with E-state index in [-0.39, 0.29) is 10.8 Å². The van der Waals surface area contributed by atoms with Crippen LogP contribution in [0.15, 0.2) is 70.1 Å². The highest BCUT2D eigenvalue weighted by molar-refractivity contribution is 7.89. The van der Waals surface area contributed by atoms with Gasteiger partial charge in [-0.2, -0.15) is 4.31 Å². The molecule has 1 amide bonds. The summed E-state index contributed by atoms with van der Waals surface area (Å²) in [6.07, 6.45) is 6.13. The number of anilines is 1. The van der Waals surface area contributed by atoms with Crippen LogP contribution >= 0.6 is 0 Å². The lowest BCUT2D eigenvalue weighted by Crippen LogP contribution is -2.34.